The van der Waals surface area contributed by atoms with E-state index in [0.717, 1.165) is 23.6 Å². The van der Waals surface area contributed by atoms with Gasteiger partial charge in [0.15, 0.2) is 5.78 Å². The van der Waals surface area contributed by atoms with Crippen LogP contribution < -0.4 is 0 Å². The largest absolute Gasteiger partial charge is 0.464 e. The Labute approximate surface area is 191 Å². The van der Waals surface area contributed by atoms with Gasteiger partial charge in [-0.15, -0.1) is 0 Å². The zero-order valence-corrected chi connectivity index (χ0v) is 18.8. The van der Waals surface area contributed by atoms with Crippen LogP contribution in [0.25, 0.3) is 0 Å². The number of carbonyl (C=O) groups is 2. The lowest BCUT2D eigenvalue weighted by molar-refractivity contribution is 0.0729. The molecule has 160 valence electrons. The van der Waals surface area contributed by atoms with Crippen molar-refractivity contribution in [2.24, 2.45) is 0 Å². The summed E-state index contributed by atoms with van der Waals surface area (Å²) in [6.07, 6.45) is 0.695. The van der Waals surface area contributed by atoms with Gasteiger partial charge in [0.05, 0.1) is 6.54 Å². The van der Waals surface area contributed by atoms with E-state index in [2.05, 4.69) is 0 Å². The summed E-state index contributed by atoms with van der Waals surface area (Å²) in [6.45, 7) is 1.85. The summed E-state index contributed by atoms with van der Waals surface area (Å²) in [5.74, 6) is 1.61. The highest BCUT2D eigenvalue weighted by atomic mass is 35.5. The monoisotopic (exact) mass is 456 g/mol. The standard InChI is InChI=1S/C24H22Cl2N2O3/c1-27(2)14-21-11-18-13-28(8-7-22(18)31-21)24(30)16-5-3-15(4-6-16)23(29)17-9-19(25)12-20(26)10-17/h3-6,9-12H,7-8,13-14H2,1-2H3. The first-order chi connectivity index (χ1) is 14.8. The van der Waals surface area contributed by atoms with Gasteiger partial charge in [-0.05, 0) is 50.5 Å². The van der Waals surface area contributed by atoms with Gasteiger partial charge < -0.3 is 14.2 Å². The Kier molecular flexibility index (Phi) is 6.19. The molecule has 0 N–H and O–H groups in total. The third kappa shape index (κ3) is 4.85. The van der Waals surface area contributed by atoms with Crippen molar-refractivity contribution in [3.8, 4) is 0 Å². The molecule has 2 heterocycles. The van der Waals surface area contributed by atoms with E-state index in [1.54, 1.807) is 42.5 Å². The number of amides is 1. The third-order valence-corrected chi connectivity index (χ3v) is 5.63. The Morgan fingerprint density at radius 3 is 2.26 bits per heavy atom. The van der Waals surface area contributed by atoms with Gasteiger partial charge in [-0.1, -0.05) is 35.3 Å². The Balaban J connectivity index is 1.47. The first-order valence-electron chi connectivity index (χ1n) is 9.95. The smallest absolute Gasteiger partial charge is 0.254 e. The van der Waals surface area contributed by atoms with E-state index in [0.29, 0.717) is 46.2 Å². The summed E-state index contributed by atoms with van der Waals surface area (Å²) in [6, 6.07) is 13.5. The zero-order chi connectivity index (χ0) is 22.1. The summed E-state index contributed by atoms with van der Waals surface area (Å²) in [5.41, 5.74) is 2.48. The highest BCUT2D eigenvalue weighted by Gasteiger charge is 2.25. The molecule has 5 nitrogen and oxygen atoms in total. The van der Waals surface area contributed by atoms with Gasteiger partial charge in [0.25, 0.3) is 5.91 Å². The van der Waals surface area contributed by atoms with Crippen LogP contribution in [-0.4, -0.2) is 42.1 Å². The number of rotatable bonds is 5. The molecule has 1 aromatic heterocycles. The lowest BCUT2D eigenvalue weighted by Gasteiger charge is -2.26. The first kappa shape index (κ1) is 21.6. The van der Waals surface area contributed by atoms with Crippen LogP contribution in [0.4, 0.5) is 0 Å². The van der Waals surface area contributed by atoms with E-state index in [9.17, 15) is 9.59 Å². The summed E-state index contributed by atoms with van der Waals surface area (Å²) < 4.78 is 5.92. The number of halogens is 2. The predicted octanol–water partition coefficient (Wildman–Crippen LogP) is 5.08. The number of fused-ring (bicyclic) bond motifs is 1. The van der Waals surface area contributed by atoms with Gasteiger partial charge in [-0.25, -0.2) is 0 Å². The Bertz CT molecular complexity index is 1120. The summed E-state index contributed by atoms with van der Waals surface area (Å²) in [7, 11) is 3.99. The second-order valence-electron chi connectivity index (χ2n) is 7.94. The SMILES string of the molecule is CN(C)Cc1cc2c(o1)CCN(C(=O)c1ccc(C(=O)c3cc(Cl)cc(Cl)c3)cc1)C2. The molecule has 0 saturated heterocycles. The molecule has 2 aromatic carbocycles. The van der Waals surface area contributed by atoms with Gasteiger partial charge >= 0.3 is 0 Å². The lowest BCUT2D eigenvalue weighted by atomic mass is 10.0. The van der Waals surface area contributed by atoms with Crippen LogP contribution in [0, 0.1) is 0 Å². The highest BCUT2D eigenvalue weighted by molar-refractivity contribution is 6.35. The molecule has 3 aromatic rings. The summed E-state index contributed by atoms with van der Waals surface area (Å²) >= 11 is 12.0. The van der Waals surface area contributed by atoms with Crippen molar-refractivity contribution in [3.05, 3.63) is 92.4 Å². The van der Waals surface area contributed by atoms with Crippen molar-refractivity contribution in [1.29, 1.82) is 0 Å². The van der Waals surface area contributed by atoms with Crippen molar-refractivity contribution in [2.45, 2.75) is 19.5 Å². The minimum absolute atomic E-state index is 0.0641. The normalized spacial score (nSPS) is 13.4. The van der Waals surface area contributed by atoms with E-state index in [4.69, 9.17) is 27.6 Å². The van der Waals surface area contributed by atoms with Crippen LogP contribution in [0.2, 0.25) is 10.0 Å². The quantitative estimate of drug-likeness (QED) is 0.502. The lowest BCUT2D eigenvalue weighted by Crippen LogP contribution is -2.35. The molecule has 0 saturated carbocycles. The molecule has 0 unspecified atom stereocenters. The minimum Gasteiger partial charge on any atom is -0.464 e. The van der Waals surface area contributed by atoms with Gasteiger partial charge in [-0.3, -0.25) is 9.59 Å². The molecule has 0 spiro atoms. The van der Waals surface area contributed by atoms with Crippen molar-refractivity contribution in [3.63, 3.8) is 0 Å². The Hall–Kier alpha value is -2.60. The number of nitrogens with zero attached hydrogens (tertiary/aromatic N) is 2. The van der Waals surface area contributed by atoms with E-state index >= 15 is 0 Å². The molecule has 31 heavy (non-hydrogen) atoms. The molecule has 0 atom stereocenters. The van der Waals surface area contributed by atoms with Gasteiger partial charge in [-0.2, -0.15) is 0 Å². The molecule has 7 heteroatoms. The topological polar surface area (TPSA) is 53.8 Å². The molecule has 0 fully saturated rings. The van der Waals surface area contributed by atoms with Gasteiger partial charge in [0.1, 0.15) is 11.5 Å². The van der Waals surface area contributed by atoms with Crippen LogP contribution in [0.15, 0.2) is 52.9 Å². The maximum absolute atomic E-state index is 13.0. The maximum atomic E-state index is 13.0. The van der Waals surface area contributed by atoms with Crippen LogP contribution >= 0.6 is 23.2 Å². The van der Waals surface area contributed by atoms with Gasteiger partial charge in [0, 0.05) is 51.8 Å². The second kappa shape index (κ2) is 8.87. The highest BCUT2D eigenvalue weighted by Crippen LogP contribution is 2.25. The van der Waals surface area contributed by atoms with E-state index in [-0.39, 0.29) is 11.7 Å². The number of ketones is 1. The molecule has 1 aliphatic heterocycles. The Morgan fingerprint density at radius 2 is 1.61 bits per heavy atom. The molecule has 0 aliphatic carbocycles. The number of hydrogen-bond donors (Lipinski definition) is 0. The third-order valence-electron chi connectivity index (χ3n) is 5.20. The van der Waals surface area contributed by atoms with E-state index in [1.807, 2.05) is 30.0 Å². The number of carbonyl (C=O) groups excluding carboxylic acids is 2. The minimum atomic E-state index is -0.196. The molecule has 0 radical (unpaired) electrons. The van der Waals surface area contributed by atoms with Gasteiger partial charge in [0.2, 0.25) is 0 Å². The number of furan rings is 1. The molecular weight excluding hydrogens is 435 g/mol. The van der Waals surface area contributed by atoms with Crippen molar-refractivity contribution < 1.29 is 14.0 Å². The summed E-state index contributed by atoms with van der Waals surface area (Å²) in [4.78, 5) is 29.6. The molecule has 1 amide bonds. The zero-order valence-electron chi connectivity index (χ0n) is 17.3. The number of benzene rings is 2. The fraction of sp³-hybridized carbons (Fsp3) is 0.250. The first-order valence-corrected chi connectivity index (χ1v) is 10.7. The van der Waals surface area contributed by atoms with Crippen LogP contribution in [0.5, 0.6) is 0 Å². The fourth-order valence-electron chi connectivity index (χ4n) is 3.76. The van der Waals surface area contributed by atoms with Crippen molar-refractivity contribution in [2.75, 3.05) is 20.6 Å². The van der Waals surface area contributed by atoms with E-state index < -0.39 is 0 Å². The van der Waals surface area contributed by atoms with E-state index in [1.165, 1.54) is 0 Å². The molecule has 1 aliphatic rings. The maximum Gasteiger partial charge on any atom is 0.254 e. The average Bonchev–Trinajstić information content (AvgIpc) is 3.12. The van der Waals surface area contributed by atoms with Crippen LogP contribution in [0.3, 0.4) is 0 Å². The second-order valence-corrected chi connectivity index (χ2v) is 8.81. The summed E-state index contributed by atoms with van der Waals surface area (Å²) in [5, 5.41) is 0.806. The average molecular weight is 457 g/mol. The van der Waals surface area contributed by atoms with Crippen molar-refractivity contribution >= 4 is 34.9 Å². The Morgan fingerprint density at radius 1 is 0.968 bits per heavy atom. The molecule has 4 rings (SSSR count). The predicted molar refractivity (Wildman–Crippen MR) is 121 cm³/mol. The molecule has 0 bridgehead atoms. The molecular formula is C24H22Cl2N2O3. The van der Waals surface area contributed by atoms with Crippen molar-refractivity contribution in [1.82, 2.24) is 9.80 Å². The fourth-order valence-corrected chi connectivity index (χ4v) is 4.28. The van der Waals surface area contributed by atoms with Crippen LogP contribution in [-0.2, 0) is 19.5 Å². The number of hydrogen-bond acceptors (Lipinski definition) is 4. The van der Waals surface area contributed by atoms with Crippen LogP contribution in [0.1, 0.15) is 43.4 Å².